The molecule has 1 aliphatic rings. The first kappa shape index (κ1) is 12.0. The van der Waals surface area contributed by atoms with Crippen molar-refractivity contribution < 1.29 is 14.7 Å². The van der Waals surface area contributed by atoms with Gasteiger partial charge >= 0.3 is 5.97 Å². The number of aliphatic carboxylic acids is 1. The van der Waals surface area contributed by atoms with Crippen LogP contribution in [0, 0.1) is 5.41 Å². The Labute approximate surface area is 89.2 Å². The van der Waals surface area contributed by atoms with E-state index in [4.69, 9.17) is 5.11 Å². The molecule has 3 N–H and O–H groups in total. The van der Waals surface area contributed by atoms with Gasteiger partial charge in [-0.1, -0.05) is 0 Å². The molecule has 1 saturated carbocycles. The second-order valence-corrected chi connectivity index (χ2v) is 4.63. The van der Waals surface area contributed by atoms with E-state index in [1.807, 2.05) is 0 Å². The molecule has 0 aromatic carbocycles. The third kappa shape index (κ3) is 4.29. The van der Waals surface area contributed by atoms with Crippen LogP contribution < -0.4 is 10.6 Å². The Balaban J connectivity index is 2.14. The summed E-state index contributed by atoms with van der Waals surface area (Å²) in [5.41, 5.74) is -0.833. The molecule has 0 aromatic rings. The lowest BCUT2D eigenvalue weighted by Gasteiger charge is -2.19. The molecule has 0 aromatic heterocycles. The number of carboxylic acids is 1. The summed E-state index contributed by atoms with van der Waals surface area (Å²) in [7, 11) is 0. The SMILES string of the molecule is CC(C)(CNCC(=O)NC1CC1)C(=O)O. The quantitative estimate of drug-likeness (QED) is 0.580. The number of carbonyl (C=O) groups excluding carboxylic acids is 1. The van der Waals surface area contributed by atoms with Gasteiger partial charge in [-0.2, -0.15) is 0 Å². The zero-order chi connectivity index (χ0) is 11.5. The highest BCUT2D eigenvalue weighted by molar-refractivity contribution is 5.79. The molecular weight excluding hydrogens is 196 g/mol. The highest BCUT2D eigenvalue weighted by Crippen LogP contribution is 2.18. The number of carboxylic acid groups (broad SMARTS) is 1. The average Bonchev–Trinajstić information content (AvgIpc) is 2.87. The molecule has 1 amide bonds. The van der Waals surface area contributed by atoms with Gasteiger partial charge in [-0.3, -0.25) is 9.59 Å². The Kier molecular flexibility index (Phi) is 3.68. The Morgan fingerprint density at radius 1 is 1.40 bits per heavy atom. The highest BCUT2D eigenvalue weighted by atomic mass is 16.4. The fourth-order valence-electron chi connectivity index (χ4n) is 1.07. The van der Waals surface area contributed by atoms with Crippen molar-refractivity contribution >= 4 is 11.9 Å². The van der Waals surface area contributed by atoms with Crippen molar-refractivity contribution in [3.05, 3.63) is 0 Å². The Morgan fingerprint density at radius 2 is 2.00 bits per heavy atom. The molecule has 0 heterocycles. The van der Waals surface area contributed by atoms with Gasteiger partial charge in [-0.25, -0.2) is 0 Å². The zero-order valence-corrected chi connectivity index (χ0v) is 9.17. The van der Waals surface area contributed by atoms with Crippen LogP contribution in [0.3, 0.4) is 0 Å². The van der Waals surface area contributed by atoms with E-state index >= 15 is 0 Å². The van der Waals surface area contributed by atoms with E-state index in [1.165, 1.54) is 0 Å². The molecular formula is C10H18N2O3. The summed E-state index contributed by atoms with van der Waals surface area (Å²) in [6, 6.07) is 0.354. The molecule has 1 aliphatic carbocycles. The smallest absolute Gasteiger partial charge is 0.310 e. The molecule has 0 radical (unpaired) electrons. The summed E-state index contributed by atoms with van der Waals surface area (Å²) in [5.74, 6) is -0.920. The molecule has 1 fully saturated rings. The molecule has 5 nitrogen and oxygen atoms in total. The van der Waals surface area contributed by atoms with Gasteiger partial charge in [0.15, 0.2) is 0 Å². The number of rotatable bonds is 6. The van der Waals surface area contributed by atoms with E-state index in [9.17, 15) is 9.59 Å². The van der Waals surface area contributed by atoms with E-state index in [-0.39, 0.29) is 12.5 Å². The van der Waals surface area contributed by atoms with Crippen LogP contribution in [0.5, 0.6) is 0 Å². The van der Waals surface area contributed by atoms with Crippen molar-refractivity contribution in [1.29, 1.82) is 0 Å². The maximum absolute atomic E-state index is 11.2. The zero-order valence-electron chi connectivity index (χ0n) is 9.17. The largest absolute Gasteiger partial charge is 0.481 e. The summed E-state index contributed by atoms with van der Waals surface area (Å²) in [5, 5.41) is 14.5. The van der Waals surface area contributed by atoms with Crippen molar-refractivity contribution in [3.63, 3.8) is 0 Å². The Bertz CT molecular complexity index is 259. The summed E-state index contributed by atoms with van der Waals surface area (Å²) < 4.78 is 0. The van der Waals surface area contributed by atoms with Gasteiger partial charge in [-0.15, -0.1) is 0 Å². The van der Waals surface area contributed by atoms with Crippen LogP contribution in [-0.2, 0) is 9.59 Å². The molecule has 1 rings (SSSR count). The number of hydrogen-bond donors (Lipinski definition) is 3. The topological polar surface area (TPSA) is 78.4 Å². The number of amides is 1. The fraction of sp³-hybridized carbons (Fsp3) is 0.800. The lowest BCUT2D eigenvalue weighted by molar-refractivity contribution is -0.146. The molecule has 0 saturated heterocycles. The maximum atomic E-state index is 11.2. The van der Waals surface area contributed by atoms with Crippen molar-refractivity contribution in [3.8, 4) is 0 Å². The lowest BCUT2D eigenvalue weighted by atomic mass is 9.94. The molecule has 86 valence electrons. The van der Waals surface area contributed by atoms with Gasteiger partial charge in [-0.05, 0) is 26.7 Å². The molecule has 0 bridgehead atoms. The number of hydrogen-bond acceptors (Lipinski definition) is 3. The summed E-state index contributed by atoms with van der Waals surface area (Å²) in [6.45, 7) is 3.73. The molecule has 0 aliphatic heterocycles. The van der Waals surface area contributed by atoms with Crippen molar-refractivity contribution in [1.82, 2.24) is 10.6 Å². The summed E-state index contributed by atoms with van der Waals surface area (Å²) in [6.07, 6.45) is 2.12. The molecule has 0 atom stereocenters. The second-order valence-electron chi connectivity index (χ2n) is 4.63. The number of nitrogens with one attached hydrogen (secondary N) is 2. The highest BCUT2D eigenvalue weighted by Gasteiger charge is 2.27. The lowest BCUT2D eigenvalue weighted by Crippen LogP contribution is -2.41. The minimum absolute atomic E-state index is 0.0568. The van der Waals surface area contributed by atoms with Crippen molar-refractivity contribution in [2.24, 2.45) is 5.41 Å². The number of carbonyl (C=O) groups is 2. The van der Waals surface area contributed by atoms with E-state index in [1.54, 1.807) is 13.8 Å². The van der Waals surface area contributed by atoms with E-state index in [0.717, 1.165) is 12.8 Å². The van der Waals surface area contributed by atoms with Gasteiger partial charge in [0.1, 0.15) is 0 Å². The van der Waals surface area contributed by atoms with E-state index < -0.39 is 11.4 Å². The van der Waals surface area contributed by atoms with Crippen LogP contribution in [0.4, 0.5) is 0 Å². The predicted molar refractivity (Wildman–Crippen MR) is 55.5 cm³/mol. The fourth-order valence-corrected chi connectivity index (χ4v) is 1.07. The standard InChI is InChI=1S/C10H18N2O3/c1-10(2,9(14)15)6-11-5-8(13)12-7-3-4-7/h7,11H,3-6H2,1-2H3,(H,12,13)(H,14,15). The van der Waals surface area contributed by atoms with Crippen LogP contribution in [0.15, 0.2) is 0 Å². The average molecular weight is 214 g/mol. The first-order valence-electron chi connectivity index (χ1n) is 5.15. The van der Waals surface area contributed by atoms with Crippen molar-refractivity contribution in [2.45, 2.75) is 32.7 Å². The van der Waals surface area contributed by atoms with E-state index in [2.05, 4.69) is 10.6 Å². The monoisotopic (exact) mass is 214 g/mol. The van der Waals surface area contributed by atoms with Gasteiger partial charge in [0.25, 0.3) is 0 Å². The van der Waals surface area contributed by atoms with Gasteiger partial charge < -0.3 is 15.7 Å². The normalized spacial score (nSPS) is 16.1. The molecule has 0 unspecified atom stereocenters. The third-order valence-corrected chi connectivity index (χ3v) is 2.37. The van der Waals surface area contributed by atoms with Gasteiger partial charge in [0, 0.05) is 12.6 Å². The Morgan fingerprint density at radius 3 is 2.47 bits per heavy atom. The summed E-state index contributed by atoms with van der Waals surface area (Å²) in [4.78, 5) is 22.0. The summed E-state index contributed by atoms with van der Waals surface area (Å²) >= 11 is 0. The van der Waals surface area contributed by atoms with Crippen LogP contribution in [-0.4, -0.2) is 36.1 Å². The molecule has 15 heavy (non-hydrogen) atoms. The maximum Gasteiger partial charge on any atom is 0.310 e. The predicted octanol–water partition coefficient (Wildman–Crippen LogP) is -0.0346. The third-order valence-electron chi connectivity index (χ3n) is 2.37. The first-order chi connectivity index (χ1) is 6.92. The Hall–Kier alpha value is -1.10. The minimum Gasteiger partial charge on any atom is -0.481 e. The van der Waals surface area contributed by atoms with E-state index in [0.29, 0.717) is 12.6 Å². The molecule has 0 spiro atoms. The van der Waals surface area contributed by atoms with Crippen LogP contribution in [0.25, 0.3) is 0 Å². The van der Waals surface area contributed by atoms with Crippen LogP contribution in [0.1, 0.15) is 26.7 Å². The van der Waals surface area contributed by atoms with Crippen LogP contribution in [0.2, 0.25) is 0 Å². The van der Waals surface area contributed by atoms with Gasteiger partial charge in [0.05, 0.1) is 12.0 Å². The molecule has 5 heteroatoms. The van der Waals surface area contributed by atoms with Crippen molar-refractivity contribution in [2.75, 3.05) is 13.1 Å². The minimum atomic E-state index is -0.863. The van der Waals surface area contributed by atoms with Crippen LogP contribution >= 0.6 is 0 Å². The first-order valence-corrected chi connectivity index (χ1v) is 5.15. The second kappa shape index (κ2) is 4.61. The van der Waals surface area contributed by atoms with Gasteiger partial charge in [0.2, 0.25) is 5.91 Å².